The number of carbonyl (C=O) groups is 1. The molecule has 1 aliphatic heterocycles. The minimum Gasteiger partial charge on any atom is -0.461 e. The zero-order valence-corrected chi connectivity index (χ0v) is 20.4. The Balaban J connectivity index is 1.38. The molecule has 0 bridgehead atoms. The first kappa shape index (κ1) is 25.2. The fourth-order valence-electron chi connectivity index (χ4n) is 4.52. The maximum Gasteiger partial charge on any atom is 0.418 e. The number of esters is 1. The molecule has 5 rings (SSSR count). The molecule has 2 fully saturated rings. The summed E-state index contributed by atoms with van der Waals surface area (Å²) in [7, 11) is 0. The summed E-state index contributed by atoms with van der Waals surface area (Å²) < 4.78 is 47.4. The highest BCUT2D eigenvalue weighted by molar-refractivity contribution is 5.97. The molecule has 0 radical (unpaired) electrons. The molecule has 37 heavy (non-hydrogen) atoms. The first-order valence-corrected chi connectivity index (χ1v) is 12.5. The third-order valence-electron chi connectivity index (χ3n) is 6.68. The van der Waals surface area contributed by atoms with Gasteiger partial charge >= 0.3 is 12.1 Å². The fraction of sp³-hybridized carbons (Fsp3) is 0.357. The molecule has 0 spiro atoms. The second-order valence-corrected chi connectivity index (χ2v) is 9.42. The average Bonchev–Trinajstić information content (AvgIpc) is 3.75. The van der Waals surface area contributed by atoms with Crippen LogP contribution < -0.4 is 10.6 Å². The summed E-state index contributed by atoms with van der Waals surface area (Å²) in [6.45, 7) is 4.49. The van der Waals surface area contributed by atoms with E-state index < -0.39 is 17.7 Å². The van der Waals surface area contributed by atoms with Crippen molar-refractivity contribution < 1.29 is 22.7 Å². The Morgan fingerprint density at radius 2 is 1.84 bits per heavy atom. The number of nitrogens with one attached hydrogen (secondary N) is 2. The fourth-order valence-corrected chi connectivity index (χ4v) is 4.52. The molecule has 1 saturated carbocycles. The van der Waals surface area contributed by atoms with E-state index >= 15 is 0 Å². The highest BCUT2D eigenvalue weighted by Crippen LogP contribution is 2.42. The molecule has 194 valence electrons. The van der Waals surface area contributed by atoms with Gasteiger partial charge in [0, 0.05) is 38.3 Å². The number of halogens is 3. The van der Waals surface area contributed by atoms with Gasteiger partial charge in [-0.1, -0.05) is 36.4 Å². The number of anilines is 2. The molecule has 1 saturated heterocycles. The van der Waals surface area contributed by atoms with Crippen molar-refractivity contribution in [3.05, 3.63) is 77.5 Å². The lowest BCUT2D eigenvalue weighted by Crippen LogP contribution is -2.44. The summed E-state index contributed by atoms with van der Waals surface area (Å²) >= 11 is 0. The predicted molar refractivity (Wildman–Crippen MR) is 136 cm³/mol. The SMILES string of the molecule is O=C(OCCN1CCNCC1)c1cc(C2CC2)ccc1Nc1cnc(-c2ccccc2)c(C(F)(F)F)c1. The van der Waals surface area contributed by atoms with E-state index in [-0.39, 0.29) is 18.0 Å². The Kier molecular flexibility index (Phi) is 7.43. The zero-order valence-electron chi connectivity index (χ0n) is 20.4. The third-order valence-corrected chi connectivity index (χ3v) is 6.68. The van der Waals surface area contributed by atoms with Crippen LogP contribution in [0.15, 0.2) is 60.8 Å². The number of hydrogen-bond donors (Lipinski definition) is 2. The van der Waals surface area contributed by atoms with E-state index in [4.69, 9.17) is 4.74 Å². The number of pyridine rings is 1. The van der Waals surface area contributed by atoms with Crippen LogP contribution in [-0.4, -0.2) is 55.2 Å². The van der Waals surface area contributed by atoms with Gasteiger partial charge in [-0.3, -0.25) is 9.88 Å². The summed E-state index contributed by atoms with van der Waals surface area (Å²) in [5, 5.41) is 6.27. The molecular weight excluding hydrogens is 481 g/mol. The highest BCUT2D eigenvalue weighted by atomic mass is 19.4. The monoisotopic (exact) mass is 510 g/mol. The van der Waals surface area contributed by atoms with Crippen LogP contribution in [0.3, 0.4) is 0 Å². The van der Waals surface area contributed by atoms with Gasteiger partial charge in [0.25, 0.3) is 0 Å². The summed E-state index contributed by atoms with van der Waals surface area (Å²) in [6.07, 6.45) is -1.13. The number of nitrogens with zero attached hydrogens (tertiary/aromatic N) is 2. The standard InChI is InChI=1S/C28H29F3N4O2/c29-28(30,31)24-17-22(18-33-26(24)20-4-2-1-3-5-20)34-25-9-8-21(19-6-7-19)16-23(25)27(36)37-15-14-35-12-10-32-11-13-35/h1-5,8-9,16-19,32,34H,6-7,10-15H2. The lowest BCUT2D eigenvalue weighted by atomic mass is 10.0. The molecule has 6 nitrogen and oxygen atoms in total. The van der Waals surface area contributed by atoms with E-state index in [1.165, 1.54) is 6.20 Å². The lowest BCUT2D eigenvalue weighted by Gasteiger charge is -2.26. The molecule has 0 amide bonds. The highest BCUT2D eigenvalue weighted by Gasteiger charge is 2.35. The average molecular weight is 511 g/mol. The molecule has 3 aromatic rings. The van der Waals surface area contributed by atoms with Crippen molar-refractivity contribution in [3.63, 3.8) is 0 Å². The van der Waals surface area contributed by atoms with E-state index in [9.17, 15) is 18.0 Å². The lowest BCUT2D eigenvalue weighted by molar-refractivity contribution is -0.137. The second kappa shape index (κ2) is 10.9. The van der Waals surface area contributed by atoms with Crippen LogP contribution in [-0.2, 0) is 10.9 Å². The summed E-state index contributed by atoms with van der Waals surface area (Å²) in [4.78, 5) is 19.4. The number of ether oxygens (including phenoxy) is 1. The molecule has 1 aromatic heterocycles. The minimum atomic E-state index is -4.60. The quantitative estimate of drug-likeness (QED) is 0.393. The molecule has 0 unspecified atom stereocenters. The smallest absolute Gasteiger partial charge is 0.418 e. The number of alkyl halides is 3. The van der Waals surface area contributed by atoms with Crippen LogP contribution >= 0.6 is 0 Å². The van der Waals surface area contributed by atoms with Crippen molar-refractivity contribution in [1.82, 2.24) is 15.2 Å². The topological polar surface area (TPSA) is 66.5 Å². The molecular formula is C28H29F3N4O2. The normalized spacial score (nSPS) is 16.4. The number of hydrogen-bond acceptors (Lipinski definition) is 6. The molecule has 1 aliphatic carbocycles. The van der Waals surface area contributed by atoms with Crippen LogP contribution in [0.5, 0.6) is 0 Å². The Hall–Kier alpha value is -3.43. The molecule has 2 heterocycles. The van der Waals surface area contributed by atoms with Gasteiger partial charge in [-0.25, -0.2) is 4.79 Å². The third kappa shape index (κ3) is 6.29. The van der Waals surface area contributed by atoms with E-state index in [1.54, 1.807) is 42.5 Å². The van der Waals surface area contributed by atoms with E-state index in [2.05, 4.69) is 20.5 Å². The van der Waals surface area contributed by atoms with Gasteiger partial charge in [-0.15, -0.1) is 0 Å². The van der Waals surface area contributed by atoms with Gasteiger partial charge < -0.3 is 15.4 Å². The van der Waals surface area contributed by atoms with E-state index in [1.807, 2.05) is 6.07 Å². The maximum absolute atomic E-state index is 14.0. The van der Waals surface area contributed by atoms with Gasteiger partial charge in [0.2, 0.25) is 0 Å². The largest absolute Gasteiger partial charge is 0.461 e. The number of piperazine rings is 1. The van der Waals surface area contributed by atoms with Crippen molar-refractivity contribution >= 4 is 17.3 Å². The van der Waals surface area contributed by atoms with Gasteiger partial charge in [0.15, 0.2) is 0 Å². The first-order chi connectivity index (χ1) is 17.9. The second-order valence-electron chi connectivity index (χ2n) is 9.42. The Morgan fingerprint density at radius 3 is 2.54 bits per heavy atom. The molecule has 0 atom stereocenters. The predicted octanol–water partition coefficient (Wildman–Crippen LogP) is 5.45. The van der Waals surface area contributed by atoms with Gasteiger partial charge in [-0.2, -0.15) is 13.2 Å². The van der Waals surface area contributed by atoms with E-state index in [0.717, 1.165) is 50.7 Å². The Bertz CT molecular complexity index is 1240. The summed E-state index contributed by atoms with van der Waals surface area (Å²) in [5.41, 5.74) is 1.26. The van der Waals surface area contributed by atoms with Crippen molar-refractivity contribution in [2.75, 3.05) is 44.6 Å². The van der Waals surface area contributed by atoms with Crippen molar-refractivity contribution in [2.45, 2.75) is 24.9 Å². The van der Waals surface area contributed by atoms with Gasteiger partial charge in [0.1, 0.15) is 6.61 Å². The van der Waals surface area contributed by atoms with Crippen molar-refractivity contribution in [3.8, 4) is 11.3 Å². The zero-order chi connectivity index (χ0) is 25.8. The van der Waals surface area contributed by atoms with Crippen LogP contribution in [0.4, 0.5) is 24.5 Å². The maximum atomic E-state index is 14.0. The molecule has 2 aliphatic rings. The molecule has 2 aromatic carbocycles. The number of benzene rings is 2. The van der Waals surface area contributed by atoms with Gasteiger partial charge in [0.05, 0.1) is 34.4 Å². The van der Waals surface area contributed by atoms with Crippen LogP contribution in [0.2, 0.25) is 0 Å². The Labute approximate surface area is 213 Å². The van der Waals surface area contributed by atoms with Gasteiger partial charge in [-0.05, 0) is 42.5 Å². The number of carbonyl (C=O) groups excluding carboxylic acids is 1. The Morgan fingerprint density at radius 1 is 1.08 bits per heavy atom. The number of rotatable bonds is 8. The minimum absolute atomic E-state index is 0.140. The molecule has 9 heteroatoms. The summed E-state index contributed by atoms with van der Waals surface area (Å²) in [6, 6.07) is 14.7. The molecule has 2 N–H and O–H groups in total. The van der Waals surface area contributed by atoms with Crippen molar-refractivity contribution in [2.24, 2.45) is 0 Å². The first-order valence-electron chi connectivity index (χ1n) is 12.5. The summed E-state index contributed by atoms with van der Waals surface area (Å²) in [5.74, 6) is -0.0878. The van der Waals surface area contributed by atoms with Crippen molar-refractivity contribution in [1.29, 1.82) is 0 Å². The van der Waals surface area contributed by atoms with Crippen LogP contribution in [0, 0.1) is 0 Å². The van der Waals surface area contributed by atoms with E-state index in [0.29, 0.717) is 29.3 Å². The van der Waals surface area contributed by atoms with Crippen LogP contribution in [0.25, 0.3) is 11.3 Å². The van der Waals surface area contributed by atoms with Crippen LogP contribution in [0.1, 0.15) is 40.2 Å². The number of aromatic nitrogens is 1.